The lowest BCUT2D eigenvalue weighted by Gasteiger charge is -2.17. The lowest BCUT2D eigenvalue weighted by Crippen LogP contribution is -2.20. The van der Waals surface area contributed by atoms with Crippen LogP contribution < -0.4 is 9.64 Å². The van der Waals surface area contributed by atoms with Crippen LogP contribution in [0.4, 0.5) is 5.69 Å². The van der Waals surface area contributed by atoms with Crippen molar-refractivity contribution in [2.45, 2.75) is 20.5 Å². The van der Waals surface area contributed by atoms with Crippen molar-refractivity contribution in [2.75, 3.05) is 25.1 Å². The minimum atomic E-state index is 0.116. The molecule has 2 aromatic carbocycles. The Morgan fingerprint density at radius 1 is 1.21 bits per heavy atom. The highest BCUT2D eigenvalue weighted by Crippen LogP contribution is 2.23. The van der Waals surface area contributed by atoms with Crippen LogP contribution in [0.1, 0.15) is 22.5 Å². The Bertz CT molecular complexity index is 1020. The van der Waals surface area contributed by atoms with Gasteiger partial charge in [-0.05, 0) is 54.9 Å². The molecule has 0 unspecified atom stereocenters. The highest BCUT2D eigenvalue weighted by molar-refractivity contribution is 7.71. The number of benzene rings is 2. The normalized spacial score (nSPS) is 11.2. The van der Waals surface area contributed by atoms with Gasteiger partial charge in [-0.1, -0.05) is 30.3 Å². The number of aryl methyl sites for hydroxylation is 2. The molecule has 8 heteroatoms. The first-order chi connectivity index (χ1) is 14.0. The Hall–Kier alpha value is -2.97. The summed E-state index contributed by atoms with van der Waals surface area (Å²) in [4.78, 5) is 1.98. The van der Waals surface area contributed by atoms with Crippen molar-refractivity contribution in [1.82, 2.24) is 14.9 Å². The average Bonchev–Trinajstić information content (AvgIpc) is 3.06. The molecule has 7 nitrogen and oxygen atoms in total. The van der Waals surface area contributed by atoms with E-state index >= 15 is 0 Å². The van der Waals surface area contributed by atoms with E-state index in [1.807, 2.05) is 68.3 Å². The summed E-state index contributed by atoms with van der Waals surface area (Å²) in [6.07, 6.45) is 1.73. The molecule has 3 rings (SSSR count). The molecular formula is C21H25N5O2S. The molecule has 0 aliphatic rings. The third kappa shape index (κ3) is 5.10. The molecule has 0 spiro atoms. The first-order valence-electron chi connectivity index (χ1n) is 9.31. The van der Waals surface area contributed by atoms with Crippen molar-refractivity contribution in [3.8, 4) is 5.75 Å². The van der Waals surface area contributed by atoms with Crippen LogP contribution in [-0.2, 0) is 6.61 Å². The van der Waals surface area contributed by atoms with Gasteiger partial charge in [-0.15, -0.1) is 0 Å². The summed E-state index contributed by atoms with van der Waals surface area (Å²) < 4.78 is 7.94. The van der Waals surface area contributed by atoms with Crippen molar-refractivity contribution in [3.63, 3.8) is 0 Å². The largest absolute Gasteiger partial charge is 0.485 e. The maximum Gasteiger partial charge on any atom is 0.216 e. The Morgan fingerprint density at radius 3 is 2.55 bits per heavy atom. The number of hydrogen-bond acceptors (Lipinski definition) is 6. The fraction of sp³-hybridized carbons (Fsp3) is 0.286. The van der Waals surface area contributed by atoms with Crippen LogP contribution in [-0.4, -0.2) is 46.4 Å². The molecule has 1 aromatic heterocycles. The monoisotopic (exact) mass is 411 g/mol. The molecule has 0 saturated carbocycles. The number of anilines is 1. The molecule has 1 heterocycles. The number of likely N-dealkylation sites (N-methyl/N-ethyl adjacent to an activating group) is 1. The van der Waals surface area contributed by atoms with Gasteiger partial charge in [0.1, 0.15) is 12.4 Å². The zero-order chi connectivity index (χ0) is 20.8. The molecule has 0 fully saturated rings. The second kappa shape index (κ2) is 9.49. The van der Waals surface area contributed by atoms with E-state index in [0.29, 0.717) is 17.1 Å². The summed E-state index contributed by atoms with van der Waals surface area (Å²) in [7, 11) is 1.94. The van der Waals surface area contributed by atoms with E-state index in [1.54, 1.807) is 10.9 Å². The second-order valence-electron chi connectivity index (χ2n) is 6.75. The van der Waals surface area contributed by atoms with Gasteiger partial charge in [-0.25, -0.2) is 5.10 Å². The summed E-state index contributed by atoms with van der Waals surface area (Å²) in [6.45, 7) is 4.98. The molecule has 0 aliphatic heterocycles. The maximum atomic E-state index is 9.05. The van der Waals surface area contributed by atoms with Gasteiger partial charge in [0.15, 0.2) is 5.82 Å². The Morgan fingerprint density at radius 2 is 1.90 bits per heavy atom. The minimum Gasteiger partial charge on any atom is -0.485 e. The minimum absolute atomic E-state index is 0.116. The molecule has 29 heavy (non-hydrogen) atoms. The van der Waals surface area contributed by atoms with Crippen LogP contribution in [0.15, 0.2) is 47.6 Å². The quantitative estimate of drug-likeness (QED) is 0.438. The maximum absolute atomic E-state index is 9.05. The number of aromatic nitrogens is 3. The van der Waals surface area contributed by atoms with E-state index < -0.39 is 0 Å². The third-order valence-corrected chi connectivity index (χ3v) is 4.83. The van der Waals surface area contributed by atoms with Gasteiger partial charge >= 0.3 is 0 Å². The van der Waals surface area contributed by atoms with E-state index in [0.717, 1.165) is 28.1 Å². The number of H-pyrrole nitrogens is 1. The number of para-hydroxylation sites is 1. The third-order valence-electron chi connectivity index (χ3n) is 4.56. The van der Waals surface area contributed by atoms with Crippen molar-refractivity contribution in [2.24, 2.45) is 5.10 Å². The average molecular weight is 412 g/mol. The first kappa shape index (κ1) is 20.8. The molecule has 3 aromatic rings. The summed E-state index contributed by atoms with van der Waals surface area (Å²) in [6, 6.07) is 13.9. The van der Waals surface area contributed by atoms with E-state index in [9.17, 15) is 0 Å². The van der Waals surface area contributed by atoms with Crippen LogP contribution in [0.2, 0.25) is 0 Å². The summed E-state index contributed by atoms with van der Waals surface area (Å²) >= 11 is 5.30. The van der Waals surface area contributed by atoms with E-state index in [-0.39, 0.29) is 13.2 Å². The van der Waals surface area contributed by atoms with E-state index in [4.69, 9.17) is 22.1 Å². The molecule has 0 bridgehead atoms. The number of aliphatic hydroxyl groups is 1. The Balaban J connectivity index is 1.73. The zero-order valence-corrected chi connectivity index (χ0v) is 17.6. The molecule has 0 amide bonds. The number of hydrogen-bond donors (Lipinski definition) is 2. The molecule has 152 valence electrons. The van der Waals surface area contributed by atoms with Gasteiger partial charge in [-0.2, -0.15) is 14.9 Å². The number of rotatable bonds is 8. The molecule has 2 N–H and O–H groups in total. The first-order valence-corrected chi connectivity index (χ1v) is 9.72. The predicted octanol–water partition coefficient (Wildman–Crippen LogP) is 3.45. The predicted molar refractivity (Wildman–Crippen MR) is 117 cm³/mol. The van der Waals surface area contributed by atoms with Crippen molar-refractivity contribution < 1.29 is 9.84 Å². The Kier molecular flexibility index (Phi) is 6.79. The van der Waals surface area contributed by atoms with Gasteiger partial charge in [0.05, 0.1) is 12.8 Å². The van der Waals surface area contributed by atoms with Crippen molar-refractivity contribution in [3.05, 3.63) is 69.8 Å². The van der Waals surface area contributed by atoms with Gasteiger partial charge in [0.2, 0.25) is 4.77 Å². The molecular weight excluding hydrogens is 386 g/mol. The summed E-state index contributed by atoms with van der Waals surface area (Å²) in [5.74, 6) is 1.44. The van der Waals surface area contributed by atoms with Crippen molar-refractivity contribution in [1.29, 1.82) is 0 Å². The molecule has 0 saturated heterocycles. The smallest absolute Gasteiger partial charge is 0.216 e. The van der Waals surface area contributed by atoms with Crippen LogP contribution in [0, 0.1) is 18.6 Å². The lowest BCUT2D eigenvalue weighted by molar-refractivity contribution is 0.287. The topological polar surface area (TPSA) is 78.7 Å². The molecule has 0 aliphatic carbocycles. The highest BCUT2D eigenvalue weighted by atomic mass is 32.1. The lowest BCUT2D eigenvalue weighted by atomic mass is 10.1. The van der Waals surface area contributed by atoms with Gasteiger partial charge < -0.3 is 14.7 Å². The number of aromatic amines is 1. The molecule has 0 radical (unpaired) electrons. The number of aliphatic hydroxyl groups excluding tert-OH is 1. The highest BCUT2D eigenvalue weighted by Gasteiger charge is 2.09. The Labute approximate surface area is 175 Å². The van der Waals surface area contributed by atoms with Gasteiger partial charge in [0.25, 0.3) is 0 Å². The van der Waals surface area contributed by atoms with E-state index in [1.165, 1.54) is 0 Å². The van der Waals surface area contributed by atoms with E-state index in [2.05, 4.69) is 15.3 Å². The number of nitrogens with zero attached hydrogens (tertiary/aromatic N) is 4. The summed E-state index contributed by atoms with van der Waals surface area (Å²) in [5, 5.41) is 20.5. The summed E-state index contributed by atoms with van der Waals surface area (Å²) in [5.41, 5.74) is 4.09. The van der Waals surface area contributed by atoms with Gasteiger partial charge in [0, 0.05) is 19.3 Å². The SMILES string of the molecule is Cc1cccc(C)c1OCc1n[nH]c(=S)n1/N=C\c1ccc(N(C)CCO)cc1. The van der Waals surface area contributed by atoms with Crippen LogP contribution in [0.3, 0.4) is 0 Å². The standard InChI is InChI=1S/C21H25N5O2S/c1-15-5-4-6-16(2)20(15)28-14-19-23-24-21(29)26(19)22-13-17-7-9-18(10-8-17)25(3)11-12-27/h4-10,13,27H,11-12,14H2,1-3H3,(H,24,29)/b22-13-. The fourth-order valence-electron chi connectivity index (χ4n) is 2.92. The second-order valence-corrected chi connectivity index (χ2v) is 7.13. The number of nitrogens with one attached hydrogen (secondary N) is 1. The molecule has 0 atom stereocenters. The van der Waals surface area contributed by atoms with Crippen LogP contribution in [0.25, 0.3) is 0 Å². The van der Waals surface area contributed by atoms with Crippen LogP contribution in [0.5, 0.6) is 5.75 Å². The van der Waals surface area contributed by atoms with Crippen molar-refractivity contribution >= 4 is 24.1 Å². The van der Waals surface area contributed by atoms with Gasteiger partial charge in [-0.3, -0.25) is 0 Å². The van der Waals surface area contributed by atoms with Crippen LogP contribution >= 0.6 is 12.2 Å². The zero-order valence-electron chi connectivity index (χ0n) is 16.8. The fourth-order valence-corrected chi connectivity index (χ4v) is 3.12. The number of ether oxygens (including phenoxy) is 1.